The van der Waals surface area contributed by atoms with Gasteiger partial charge in [-0.15, -0.1) is 0 Å². The monoisotopic (exact) mass is 433 g/mol. The molecule has 0 bridgehead atoms. The number of benzene rings is 2. The molecule has 0 aliphatic heterocycles. The van der Waals surface area contributed by atoms with Crippen molar-refractivity contribution in [1.82, 2.24) is 20.4 Å². The van der Waals surface area contributed by atoms with E-state index < -0.39 is 0 Å². The SMILES string of the molecule is CCNC(=NCc1ccccc1COc1ccccc1)NC(C)Cc1c(C)nn(C)c1C. The Morgan fingerprint density at radius 3 is 2.41 bits per heavy atom. The molecule has 1 aromatic heterocycles. The standard InChI is InChI=1S/C26H35N5O/c1-6-27-26(29-19(2)16-25-20(3)30-31(5)21(25)4)28-17-22-12-10-11-13-23(22)18-32-24-14-8-7-9-15-24/h7-15,19H,6,16-18H2,1-5H3,(H2,27,28,29). The highest BCUT2D eigenvalue weighted by molar-refractivity contribution is 5.80. The van der Waals surface area contributed by atoms with Crippen LogP contribution in [0.4, 0.5) is 0 Å². The zero-order chi connectivity index (χ0) is 22.9. The van der Waals surface area contributed by atoms with E-state index in [1.807, 2.05) is 54.2 Å². The Bertz CT molecular complexity index is 1030. The Kier molecular flexibility index (Phi) is 8.31. The smallest absolute Gasteiger partial charge is 0.191 e. The van der Waals surface area contributed by atoms with Gasteiger partial charge in [0.05, 0.1) is 12.2 Å². The molecule has 0 aliphatic carbocycles. The van der Waals surface area contributed by atoms with Gasteiger partial charge in [0.15, 0.2) is 5.96 Å². The normalized spacial score (nSPS) is 12.5. The van der Waals surface area contributed by atoms with E-state index in [9.17, 15) is 0 Å². The van der Waals surface area contributed by atoms with E-state index in [2.05, 4.69) is 55.6 Å². The van der Waals surface area contributed by atoms with Gasteiger partial charge in [0.2, 0.25) is 0 Å². The number of hydrogen-bond donors (Lipinski definition) is 2. The number of aryl methyl sites for hydroxylation is 2. The lowest BCUT2D eigenvalue weighted by Gasteiger charge is -2.18. The summed E-state index contributed by atoms with van der Waals surface area (Å²) in [4.78, 5) is 4.85. The molecule has 1 unspecified atom stereocenters. The third-order valence-electron chi connectivity index (χ3n) is 5.56. The highest BCUT2D eigenvalue weighted by Gasteiger charge is 2.14. The van der Waals surface area contributed by atoms with Gasteiger partial charge in [-0.1, -0.05) is 42.5 Å². The topological polar surface area (TPSA) is 63.5 Å². The minimum absolute atomic E-state index is 0.228. The van der Waals surface area contributed by atoms with Crippen LogP contribution < -0.4 is 15.4 Å². The molecular weight excluding hydrogens is 398 g/mol. The molecule has 1 heterocycles. The third-order valence-corrected chi connectivity index (χ3v) is 5.56. The molecule has 32 heavy (non-hydrogen) atoms. The summed E-state index contributed by atoms with van der Waals surface area (Å²) in [5.41, 5.74) is 5.91. The Morgan fingerprint density at radius 2 is 1.75 bits per heavy atom. The molecule has 0 saturated carbocycles. The molecular formula is C26H35N5O. The van der Waals surface area contributed by atoms with E-state index >= 15 is 0 Å². The predicted molar refractivity (Wildman–Crippen MR) is 131 cm³/mol. The van der Waals surface area contributed by atoms with Crippen molar-refractivity contribution >= 4 is 5.96 Å². The second kappa shape index (κ2) is 11.4. The van der Waals surface area contributed by atoms with Crippen LogP contribution >= 0.6 is 0 Å². The van der Waals surface area contributed by atoms with Crippen molar-refractivity contribution in [3.8, 4) is 5.75 Å². The molecule has 6 nitrogen and oxygen atoms in total. The van der Waals surface area contributed by atoms with Gasteiger partial charge >= 0.3 is 0 Å². The first-order valence-electron chi connectivity index (χ1n) is 11.3. The lowest BCUT2D eigenvalue weighted by atomic mass is 10.1. The van der Waals surface area contributed by atoms with Crippen molar-refractivity contribution in [2.45, 2.75) is 53.3 Å². The van der Waals surface area contributed by atoms with Crippen LogP contribution in [0.15, 0.2) is 59.6 Å². The first-order valence-corrected chi connectivity index (χ1v) is 11.3. The number of rotatable bonds is 9. The average Bonchev–Trinajstić information content (AvgIpc) is 3.03. The molecule has 0 aliphatic rings. The zero-order valence-corrected chi connectivity index (χ0v) is 19.9. The second-order valence-corrected chi connectivity index (χ2v) is 8.09. The van der Waals surface area contributed by atoms with Crippen LogP contribution in [-0.4, -0.2) is 28.3 Å². The van der Waals surface area contributed by atoms with Crippen LogP contribution in [0.2, 0.25) is 0 Å². The van der Waals surface area contributed by atoms with E-state index in [1.165, 1.54) is 11.3 Å². The molecule has 1 atom stereocenters. The minimum atomic E-state index is 0.228. The van der Waals surface area contributed by atoms with Gasteiger partial charge < -0.3 is 15.4 Å². The quantitative estimate of drug-likeness (QED) is 0.390. The van der Waals surface area contributed by atoms with Gasteiger partial charge in [0, 0.05) is 25.3 Å². The highest BCUT2D eigenvalue weighted by Crippen LogP contribution is 2.16. The van der Waals surface area contributed by atoms with Gasteiger partial charge in [0.25, 0.3) is 0 Å². The fourth-order valence-electron chi connectivity index (χ4n) is 3.72. The second-order valence-electron chi connectivity index (χ2n) is 8.09. The fraction of sp³-hybridized carbons (Fsp3) is 0.385. The summed E-state index contributed by atoms with van der Waals surface area (Å²) >= 11 is 0. The molecule has 0 saturated heterocycles. The Labute approximate surface area is 191 Å². The van der Waals surface area contributed by atoms with Crippen LogP contribution in [0, 0.1) is 13.8 Å². The maximum Gasteiger partial charge on any atom is 0.191 e. The molecule has 0 fully saturated rings. The molecule has 2 N–H and O–H groups in total. The van der Waals surface area contributed by atoms with Crippen molar-refractivity contribution in [3.63, 3.8) is 0 Å². The van der Waals surface area contributed by atoms with Crippen molar-refractivity contribution in [1.29, 1.82) is 0 Å². The van der Waals surface area contributed by atoms with Gasteiger partial charge in [-0.3, -0.25) is 4.68 Å². The number of nitrogens with zero attached hydrogens (tertiary/aromatic N) is 3. The zero-order valence-electron chi connectivity index (χ0n) is 19.9. The van der Waals surface area contributed by atoms with Crippen molar-refractivity contribution in [2.75, 3.05) is 6.54 Å². The molecule has 3 rings (SSSR count). The van der Waals surface area contributed by atoms with Crippen LogP contribution in [-0.2, 0) is 26.6 Å². The Morgan fingerprint density at radius 1 is 1.06 bits per heavy atom. The number of ether oxygens (including phenoxy) is 1. The number of para-hydroxylation sites is 1. The van der Waals surface area contributed by atoms with Crippen molar-refractivity contribution in [2.24, 2.45) is 12.0 Å². The summed E-state index contributed by atoms with van der Waals surface area (Å²) in [7, 11) is 1.99. The van der Waals surface area contributed by atoms with Gasteiger partial charge in [-0.05, 0) is 62.9 Å². The van der Waals surface area contributed by atoms with Gasteiger partial charge in [-0.2, -0.15) is 5.10 Å². The van der Waals surface area contributed by atoms with Crippen molar-refractivity contribution < 1.29 is 4.74 Å². The van der Waals surface area contributed by atoms with E-state index in [0.717, 1.165) is 41.5 Å². The summed E-state index contributed by atoms with van der Waals surface area (Å²) in [5, 5.41) is 11.5. The fourth-order valence-corrected chi connectivity index (χ4v) is 3.72. The summed E-state index contributed by atoms with van der Waals surface area (Å²) in [6, 6.07) is 18.4. The molecule has 3 aromatic rings. The minimum Gasteiger partial charge on any atom is -0.489 e. The van der Waals surface area contributed by atoms with Gasteiger partial charge in [0.1, 0.15) is 12.4 Å². The van der Waals surface area contributed by atoms with Crippen LogP contribution in [0.5, 0.6) is 5.75 Å². The Hall–Kier alpha value is -3.28. The van der Waals surface area contributed by atoms with E-state index in [-0.39, 0.29) is 6.04 Å². The summed E-state index contributed by atoms with van der Waals surface area (Å²) in [5.74, 6) is 1.69. The maximum atomic E-state index is 5.95. The number of aliphatic imine (C=N–C) groups is 1. The van der Waals surface area contributed by atoms with E-state index in [4.69, 9.17) is 9.73 Å². The van der Waals surface area contributed by atoms with E-state index in [0.29, 0.717) is 13.2 Å². The molecule has 170 valence electrons. The van der Waals surface area contributed by atoms with Crippen molar-refractivity contribution in [3.05, 3.63) is 82.7 Å². The lowest BCUT2D eigenvalue weighted by Crippen LogP contribution is -2.43. The number of guanidine groups is 1. The lowest BCUT2D eigenvalue weighted by molar-refractivity contribution is 0.305. The maximum absolute atomic E-state index is 5.95. The van der Waals surface area contributed by atoms with Crippen LogP contribution in [0.1, 0.15) is 41.9 Å². The molecule has 0 amide bonds. The third kappa shape index (κ3) is 6.36. The number of hydrogen-bond acceptors (Lipinski definition) is 3. The van der Waals surface area contributed by atoms with E-state index in [1.54, 1.807) is 0 Å². The summed E-state index contributed by atoms with van der Waals surface area (Å²) in [6.07, 6.45) is 0.900. The summed E-state index contributed by atoms with van der Waals surface area (Å²) < 4.78 is 7.90. The number of aromatic nitrogens is 2. The van der Waals surface area contributed by atoms with Crippen LogP contribution in [0.25, 0.3) is 0 Å². The average molecular weight is 434 g/mol. The van der Waals surface area contributed by atoms with Gasteiger partial charge in [-0.25, -0.2) is 4.99 Å². The first kappa shape index (κ1) is 23.4. The highest BCUT2D eigenvalue weighted by atomic mass is 16.5. The number of nitrogens with one attached hydrogen (secondary N) is 2. The first-order chi connectivity index (χ1) is 15.5. The summed E-state index contributed by atoms with van der Waals surface area (Å²) in [6.45, 7) is 10.4. The molecule has 0 radical (unpaired) electrons. The molecule has 2 aromatic carbocycles. The Balaban J connectivity index is 1.65. The molecule has 6 heteroatoms. The molecule has 0 spiro atoms. The van der Waals surface area contributed by atoms with Crippen LogP contribution in [0.3, 0.4) is 0 Å². The largest absolute Gasteiger partial charge is 0.489 e. The predicted octanol–water partition coefficient (Wildman–Crippen LogP) is 4.30.